The van der Waals surface area contributed by atoms with Gasteiger partial charge in [0.1, 0.15) is 17.9 Å². The number of hydrogen-bond donors (Lipinski definition) is 4. The number of imide groups is 1. The second kappa shape index (κ2) is 19.3. The SMILES string of the molecule is CN[C@H](C(=O)N[C@H](C(=O)N(C)[C@H](/C=C(\C)C(=O)N[C@H](CCC(=O)CCCN1C(=O)C=CC1=O)C(=O)O)C(C)C)C(C)(C)C)C(C)(C)C1CCCCC1. The van der Waals surface area contributed by atoms with Crippen molar-refractivity contribution in [2.24, 2.45) is 22.7 Å². The summed E-state index contributed by atoms with van der Waals surface area (Å²) in [6, 6.07) is -3.27. The number of carbonyl (C=O) groups is 7. The molecule has 292 valence electrons. The van der Waals surface area contributed by atoms with Crippen LogP contribution in [0.5, 0.6) is 0 Å². The molecule has 0 aromatic carbocycles. The Labute approximate surface area is 309 Å². The maximum absolute atomic E-state index is 14.2. The fourth-order valence-electron chi connectivity index (χ4n) is 7.28. The minimum Gasteiger partial charge on any atom is -0.480 e. The number of likely N-dealkylation sites (N-methyl/N-ethyl adjacent to an activating group) is 2. The van der Waals surface area contributed by atoms with Crippen LogP contribution in [0.1, 0.15) is 113 Å². The Bertz CT molecular complexity index is 1370. The van der Waals surface area contributed by atoms with Gasteiger partial charge in [-0.25, -0.2) is 4.79 Å². The third-order valence-electron chi connectivity index (χ3n) is 10.7. The first kappa shape index (κ1) is 44.3. The van der Waals surface area contributed by atoms with Gasteiger partial charge in [0.25, 0.3) is 11.8 Å². The maximum atomic E-state index is 14.2. The Morgan fingerprint density at radius 3 is 2.02 bits per heavy atom. The molecule has 1 saturated carbocycles. The van der Waals surface area contributed by atoms with Crippen LogP contribution in [-0.4, -0.2) is 101 Å². The summed E-state index contributed by atoms with van der Waals surface area (Å²) in [5, 5.41) is 18.6. The smallest absolute Gasteiger partial charge is 0.326 e. The zero-order chi connectivity index (χ0) is 39.6. The van der Waals surface area contributed by atoms with Crippen molar-refractivity contribution in [2.45, 2.75) is 137 Å². The van der Waals surface area contributed by atoms with Gasteiger partial charge in [-0.2, -0.15) is 0 Å². The molecule has 5 amide bonds. The Morgan fingerprint density at radius 1 is 0.942 bits per heavy atom. The number of carboxylic acids is 1. The lowest BCUT2D eigenvalue weighted by atomic mass is 9.66. The Hall–Kier alpha value is -3.87. The molecular formula is C39H63N5O8. The van der Waals surface area contributed by atoms with E-state index in [1.807, 2.05) is 34.6 Å². The molecule has 1 aliphatic heterocycles. The maximum Gasteiger partial charge on any atom is 0.326 e. The minimum absolute atomic E-state index is 0.0522. The highest BCUT2D eigenvalue weighted by Gasteiger charge is 2.44. The molecule has 13 heteroatoms. The molecule has 1 heterocycles. The molecular weight excluding hydrogens is 666 g/mol. The molecule has 1 aliphatic carbocycles. The Balaban J connectivity index is 2.12. The molecule has 0 unspecified atom stereocenters. The summed E-state index contributed by atoms with van der Waals surface area (Å²) in [6.45, 7) is 15.4. The largest absolute Gasteiger partial charge is 0.480 e. The van der Waals surface area contributed by atoms with Crippen molar-refractivity contribution in [1.29, 1.82) is 0 Å². The summed E-state index contributed by atoms with van der Waals surface area (Å²) in [6.07, 6.45) is 9.64. The number of hydrogen-bond acceptors (Lipinski definition) is 8. The van der Waals surface area contributed by atoms with Crippen LogP contribution in [-0.2, 0) is 33.6 Å². The lowest BCUT2D eigenvalue weighted by Gasteiger charge is -2.43. The van der Waals surface area contributed by atoms with Crippen LogP contribution < -0.4 is 16.0 Å². The van der Waals surface area contributed by atoms with Crippen molar-refractivity contribution in [3.8, 4) is 0 Å². The number of carbonyl (C=O) groups excluding carboxylic acids is 6. The quantitative estimate of drug-likeness (QED) is 0.114. The van der Waals surface area contributed by atoms with Crippen molar-refractivity contribution in [3.63, 3.8) is 0 Å². The number of nitrogens with zero attached hydrogens (tertiary/aromatic N) is 2. The van der Waals surface area contributed by atoms with Gasteiger partial charge < -0.3 is 26.0 Å². The van der Waals surface area contributed by atoms with E-state index in [-0.39, 0.29) is 66.7 Å². The molecule has 2 aliphatic rings. The second-order valence-electron chi connectivity index (χ2n) is 16.4. The van der Waals surface area contributed by atoms with Crippen LogP contribution in [0.25, 0.3) is 0 Å². The third kappa shape index (κ3) is 12.1. The topological polar surface area (TPSA) is 182 Å². The van der Waals surface area contributed by atoms with Crippen LogP contribution in [0, 0.1) is 22.7 Å². The summed E-state index contributed by atoms with van der Waals surface area (Å²) < 4.78 is 0. The van der Waals surface area contributed by atoms with E-state index in [4.69, 9.17) is 0 Å². The van der Waals surface area contributed by atoms with E-state index in [0.717, 1.165) is 30.6 Å². The number of rotatable bonds is 19. The average molecular weight is 730 g/mol. The Kier molecular flexibility index (Phi) is 16.4. The van der Waals surface area contributed by atoms with Crippen LogP contribution in [0.3, 0.4) is 0 Å². The van der Waals surface area contributed by atoms with Gasteiger partial charge in [0.2, 0.25) is 17.7 Å². The highest BCUT2D eigenvalue weighted by molar-refractivity contribution is 6.12. The summed E-state index contributed by atoms with van der Waals surface area (Å²) in [5.74, 6) is -3.37. The number of nitrogens with one attached hydrogen (secondary N) is 3. The van der Waals surface area contributed by atoms with Gasteiger partial charge in [-0.05, 0) is 62.3 Å². The van der Waals surface area contributed by atoms with Gasteiger partial charge in [0, 0.05) is 44.2 Å². The average Bonchev–Trinajstić information content (AvgIpc) is 3.39. The second-order valence-corrected chi connectivity index (χ2v) is 16.4. The molecule has 1 fully saturated rings. The zero-order valence-corrected chi connectivity index (χ0v) is 33.0. The van der Waals surface area contributed by atoms with Crippen LogP contribution >= 0.6 is 0 Å². The highest BCUT2D eigenvalue weighted by atomic mass is 16.4. The van der Waals surface area contributed by atoms with Crippen LogP contribution in [0.2, 0.25) is 0 Å². The number of Topliss-reactive ketones (excluding diaryl/α,β-unsaturated/α-hetero) is 1. The summed E-state index contributed by atoms with van der Waals surface area (Å²) in [7, 11) is 3.41. The molecule has 0 radical (unpaired) electrons. The zero-order valence-electron chi connectivity index (χ0n) is 33.0. The molecule has 52 heavy (non-hydrogen) atoms. The van der Waals surface area contributed by atoms with Gasteiger partial charge in [-0.3, -0.25) is 33.7 Å². The van der Waals surface area contributed by atoms with Gasteiger partial charge in [-0.1, -0.05) is 73.8 Å². The fraction of sp³-hybridized carbons (Fsp3) is 0.718. The molecule has 4 N–H and O–H groups in total. The van der Waals surface area contributed by atoms with Gasteiger partial charge in [0.15, 0.2) is 0 Å². The number of amides is 5. The summed E-state index contributed by atoms with van der Waals surface area (Å²) in [5.41, 5.74) is -0.775. The van der Waals surface area contributed by atoms with E-state index in [1.54, 1.807) is 20.2 Å². The van der Waals surface area contributed by atoms with Crippen LogP contribution in [0.15, 0.2) is 23.8 Å². The van der Waals surface area contributed by atoms with Crippen molar-refractivity contribution < 1.29 is 38.7 Å². The molecule has 0 aromatic heterocycles. The number of aliphatic carboxylic acids is 1. The van der Waals surface area contributed by atoms with Crippen molar-refractivity contribution in [1.82, 2.24) is 25.8 Å². The highest BCUT2D eigenvalue weighted by Crippen LogP contribution is 2.41. The first-order chi connectivity index (χ1) is 24.1. The predicted molar refractivity (Wildman–Crippen MR) is 199 cm³/mol. The van der Waals surface area contributed by atoms with Crippen molar-refractivity contribution >= 4 is 41.3 Å². The first-order valence-corrected chi connectivity index (χ1v) is 18.6. The molecule has 0 spiro atoms. The van der Waals surface area contributed by atoms with Crippen molar-refractivity contribution in [2.75, 3.05) is 20.6 Å². The van der Waals surface area contributed by atoms with E-state index < -0.39 is 53.3 Å². The van der Waals surface area contributed by atoms with Gasteiger partial charge in [0.05, 0.1) is 12.1 Å². The van der Waals surface area contributed by atoms with Gasteiger partial charge >= 0.3 is 5.97 Å². The third-order valence-corrected chi connectivity index (χ3v) is 10.7. The lowest BCUT2D eigenvalue weighted by molar-refractivity contribution is -0.142. The van der Waals surface area contributed by atoms with E-state index in [9.17, 15) is 38.7 Å². The summed E-state index contributed by atoms with van der Waals surface area (Å²) >= 11 is 0. The monoisotopic (exact) mass is 729 g/mol. The Morgan fingerprint density at radius 2 is 1.52 bits per heavy atom. The van der Waals surface area contributed by atoms with Crippen LogP contribution in [0.4, 0.5) is 0 Å². The first-order valence-electron chi connectivity index (χ1n) is 18.6. The fourth-order valence-corrected chi connectivity index (χ4v) is 7.28. The lowest BCUT2D eigenvalue weighted by Crippen LogP contribution is -2.61. The molecule has 4 atom stereocenters. The molecule has 0 aromatic rings. The van der Waals surface area contributed by atoms with Crippen molar-refractivity contribution in [3.05, 3.63) is 23.8 Å². The number of ketones is 1. The molecule has 13 nitrogen and oxygen atoms in total. The molecule has 0 saturated heterocycles. The van der Waals surface area contributed by atoms with E-state index >= 15 is 0 Å². The molecule has 0 bridgehead atoms. The van der Waals surface area contributed by atoms with Gasteiger partial charge in [-0.15, -0.1) is 0 Å². The van der Waals surface area contributed by atoms with E-state index in [2.05, 4.69) is 29.8 Å². The normalized spacial score (nSPS) is 18.2. The predicted octanol–water partition coefficient (Wildman–Crippen LogP) is 3.77. The standard InChI is InChI=1S/C39H63N5O8/c1-24(2)29(23-25(3)34(48)41-28(37(51)52)19-18-27(45)17-14-22-44-30(46)20-21-31(44)47)43(10)36(50)33(38(4,5)6)42-35(49)32(40-9)39(7,8)26-15-12-11-13-16-26/h20-21,23-24,26,28-29,32-33,40H,11-19,22H2,1-10H3,(H,41,48)(H,42,49)(H,51,52)/b25-23+/t28-,29-,32-,33-/m1/s1. The van der Waals surface area contributed by atoms with E-state index in [0.29, 0.717) is 5.92 Å². The minimum atomic E-state index is -1.33. The summed E-state index contributed by atoms with van der Waals surface area (Å²) in [4.78, 5) is 91.7. The molecule has 2 rings (SSSR count). The van der Waals surface area contributed by atoms with E-state index in [1.165, 1.54) is 30.4 Å². The number of carboxylic acid groups (broad SMARTS) is 1.